The topological polar surface area (TPSA) is 97.4 Å². The Labute approximate surface area is 233 Å². The van der Waals surface area contributed by atoms with Crippen LogP contribution >= 0.6 is 12.6 Å². The van der Waals surface area contributed by atoms with E-state index in [0.29, 0.717) is 37.6 Å². The largest absolute Gasteiger partial charge is 0.493 e. The normalized spacial score (nSPS) is 11.7. The van der Waals surface area contributed by atoms with Crippen LogP contribution in [0.25, 0.3) is 0 Å². The van der Waals surface area contributed by atoms with Gasteiger partial charge in [-0.2, -0.15) is 21.0 Å². The number of hydrogen-bond donors (Lipinski definition) is 1. The maximum atomic E-state index is 12.2. The molecule has 8 nitrogen and oxygen atoms in total. The lowest BCUT2D eigenvalue weighted by atomic mass is 10.2. The van der Waals surface area contributed by atoms with Crippen molar-refractivity contribution in [2.75, 3.05) is 38.8 Å². The molecule has 0 aliphatic carbocycles. The molecule has 2 rings (SSSR count). The standard InChI is InChI=1S/C25H34O8S.C3H8S/c1-4-25(26)33-23(18-29-5-2)19-31-22-10-8-9-21(17-22)30-15-6-7-16-32-34(27,28)24-13-11-20(3)12-14-24;1-2-3-4/h8-14,17,23H,4-7,15-16,18-19H2,1-3H3;4H,2-3H2,1H3. The number of esters is 1. The van der Waals surface area contributed by atoms with Gasteiger partial charge in [0.15, 0.2) is 6.10 Å². The van der Waals surface area contributed by atoms with Crippen molar-refractivity contribution in [1.29, 1.82) is 0 Å². The minimum atomic E-state index is -3.75. The predicted octanol–water partition coefficient (Wildman–Crippen LogP) is 5.62. The molecule has 10 heteroatoms. The zero-order chi connectivity index (χ0) is 28.2. The summed E-state index contributed by atoms with van der Waals surface area (Å²) in [4.78, 5) is 11.7. The van der Waals surface area contributed by atoms with Gasteiger partial charge >= 0.3 is 5.97 Å². The quantitative estimate of drug-likeness (QED) is 0.113. The second-order valence-electron chi connectivity index (χ2n) is 8.28. The van der Waals surface area contributed by atoms with Crippen LogP contribution in [0.1, 0.15) is 52.0 Å². The third-order valence-electron chi connectivity index (χ3n) is 4.92. The molecule has 2 aromatic rings. The van der Waals surface area contributed by atoms with Gasteiger partial charge in [0.2, 0.25) is 0 Å². The summed E-state index contributed by atoms with van der Waals surface area (Å²) in [5.41, 5.74) is 0.982. The summed E-state index contributed by atoms with van der Waals surface area (Å²) in [6.07, 6.45) is 2.13. The van der Waals surface area contributed by atoms with Crippen molar-refractivity contribution in [3.05, 3.63) is 54.1 Å². The molecule has 0 saturated carbocycles. The SMILES string of the molecule is CCCS.CCOCC(COc1cccc(OCCCCOS(=O)(=O)c2ccc(C)cc2)c1)OC(=O)CC. The fraction of sp³-hybridized carbons (Fsp3) is 0.536. The van der Waals surface area contributed by atoms with E-state index in [-0.39, 0.29) is 37.1 Å². The monoisotopic (exact) mass is 570 g/mol. The van der Waals surface area contributed by atoms with Crippen molar-refractivity contribution in [2.45, 2.75) is 64.4 Å². The first-order chi connectivity index (χ1) is 18.2. The molecule has 0 fully saturated rings. The molecule has 1 unspecified atom stereocenters. The van der Waals surface area contributed by atoms with Crippen LogP contribution in [0, 0.1) is 6.92 Å². The third kappa shape index (κ3) is 14.6. The number of aryl methyl sites for hydroxylation is 1. The molecular formula is C28H42O8S2. The molecule has 0 N–H and O–H groups in total. The fourth-order valence-electron chi connectivity index (χ4n) is 2.81. The average Bonchev–Trinajstić information content (AvgIpc) is 2.92. The first kappa shape index (κ1) is 33.8. The highest BCUT2D eigenvalue weighted by molar-refractivity contribution is 7.86. The Kier molecular flexibility index (Phi) is 17.5. The molecule has 0 heterocycles. The zero-order valence-electron chi connectivity index (χ0n) is 22.9. The molecule has 2 aromatic carbocycles. The van der Waals surface area contributed by atoms with Gasteiger partial charge in [0.25, 0.3) is 10.1 Å². The van der Waals surface area contributed by atoms with E-state index in [2.05, 4.69) is 19.6 Å². The van der Waals surface area contributed by atoms with E-state index in [1.165, 1.54) is 18.6 Å². The maximum Gasteiger partial charge on any atom is 0.305 e. The van der Waals surface area contributed by atoms with Gasteiger partial charge in [-0.15, -0.1) is 0 Å². The molecule has 0 saturated heterocycles. The van der Waals surface area contributed by atoms with Crippen molar-refractivity contribution < 1.29 is 36.3 Å². The van der Waals surface area contributed by atoms with Gasteiger partial charge in [-0.25, -0.2) is 0 Å². The van der Waals surface area contributed by atoms with Crippen LogP contribution in [-0.2, 0) is 28.6 Å². The number of thiol groups is 1. The van der Waals surface area contributed by atoms with Gasteiger partial charge in [-0.1, -0.05) is 37.6 Å². The van der Waals surface area contributed by atoms with Crippen molar-refractivity contribution in [3.8, 4) is 11.5 Å². The number of carbonyl (C=O) groups excluding carboxylic acids is 1. The minimum absolute atomic E-state index is 0.0838. The lowest BCUT2D eigenvalue weighted by Gasteiger charge is -2.18. The van der Waals surface area contributed by atoms with Crippen molar-refractivity contribution in [1.82, 2.24) is 0 Å². The van der Waals surface area contributed by atoms with E-state index in [1.807, 2.05) is 13.8 Å². The molecule has 0 bridgehead atoms. The molecule has 1 atom stereocenters. The summed E-state index contributed by atoms with van der Waals surface area (Å²) in [5.74, 6) is 1.91. The molecule has 0 aromatic heterocycles. The summed E-state index contributed by atoms with van der Waals surface area (Å²) in [6, 6.07) is 13.7. The molecule has 38 heavy (non-hydrogen) atoms. The van der Waals surface area contributed by atoms with E-state index in [4.69, 9.17) is 23.1 Å². The highest BCUT2D eigenvalue weighted by Gasteiger charge is 2.16. The van der Waals surface area contributed by atoms with Gasteiger partial charge in [-0.3, -0.25) is 8.98 Å². The minimum Gasteiger partial charge on any atom is -0.493 e. The van der Waals surface area contributed by atoms with E-state index in [1.54, 1.807) is 43.3 Å². The molecule has 0 spiro atoms. The molecular weight excluding hydrogens is 528 g/mol. The third-order valence-corrected chi connectivity index (χ3v) is 6.69. The van der Waals surface area contributed by atoms with Crippen LogP contribution in [0.15, 0.2) is 53.4 Å². The second-order valence-corrected chi connectivity index (χ2v) is 10.3. The van der Waals surface area contributed by atoms with E-state index in [9.17, 15) is 13.2 Å². The fourth-order valence-corrected chi connectivity index (χ4v) is 3.76. The summed E-state index contributed by atoms with van der Waals surface area (Å²) in [5, 5.41) is 0. The van der Waals surface area contributed by atoms with E-state index < -0.39 is 16.2 Å². The van der Waals surface area contributed by atoms with Gasteiger partial charge < -0.3 is 18.9 Å². The van der Waals surface area contributed by atoms with Crippen LogP contribution in [0.2, 0.25) is 0 Å². The first-order valence-electron chi connectivity index (χ1n) is 13.0. The van der Waals surface area contributed by atoms with Crippen LogP contribution in [0.5, 0.6) is 11.5 Å². The summed E-state index contributed by atoms with van der Waals surface area (Å²) >= 11 is 3.92. The Morgan fingerprint density at radius 3 is 2.16 bits per heavy atom. The molecule has 0 aliphatic heterocycles. The highest BCUT2D eigenvalue weighted by atomic mass is 32.2. The second kappa shape index (κ2) is 19.7. The van der Waals surface area contributed by atoms with Gasteiger partial charge in [0.1, 0.15) is 18.1 Å². The number of rotatable bonds is 17. The number of hydrogen-bond acceptors (Lipinski definition) is 9. The molecule has 0 amide bonds. The van der Waals surface area contributed by atoms with Crippen LogP contribution in [0.3, 0.4) is 0 Å². The first-order valence-corrected chi connectivity index (χ1v) is 15.0. The number of benzene rings is 2. The highest BCUT2D eigenvalue weighted by Crippen LogP contribution is 2.20. The van der Waals surface area contributed by atoms with Gasteiger partial charge in [0.05, 0.1) is 24.7 Å². The van der Waals surface area contributed by atoms with Crippen molar-refractivity contribution in [2.24, 2.45) is 0 Å². The van der Waals surface area contributed by atoms with Crippen LogP contribution in [-0.4, -0.2) is 59.3 Å². The summed E-state index contributed by atoms with van der Waals surface area (Å²) in [7, 11) is -3.75. The van der Waals surface area contributed by atoms with Crippen molar-refractivity contribution >= 4 is 28.7 Å². The number of unbranched alkanes of at least 4 members (excludes halogenated alkanes) is 1. The van der Waals surface area contributed by atoms with E-state index >= 15 is 0 Å². The molecule has 214 valence electrons. The Morgan fingerprint density at radius 1 is 0.921 bits per heavy atom. The van der Waals surface area contributed by atoms with Gasteiger partial charge in [-0.05, 0) is 63.1 Å². The average molecular weight is 571 g/mol. The molecule has 0 aliphatic rings. The Balaban J connectivity index is 0.00000168. The zero-order valence-corrected chi connectivity index (χ0v) is 24.6. The van der Waals surface area contributed by atoms with Crippen molar-refractivity contribution in [3.63, 3.8) is 0 Å². The lowest BCUT2D eigenvalue weighted by Crippen LogP contribution is -2.29. The lowest BCUT2D eigenvalue weighted by molar-refractivity contribution is -0.153. The number of ether oxygens (including phenoxy) is 4. The van der Waals surface area contributed by atoms with Crippen LogP contribution < -0.4 is 9.47 Å². The summed E-state index contributed by atoms with van der Waals surface area (Å²) < 4.78 is 51.6. The Morgan fingerprint density at radius 2 is 1.55 bits per heavy atom. The van der Waals surface area contributed by atoms with Gasteiger partial charge in [0, 0.05) is 19.1 Å². The Hall–Kier alpha value is -2.27. The predicted molar refractivity (Wildman–Crippen MR) is 152 cm³/mol. The van der Waals surface area contributed by atoms with E-state index in [0.717, 1.165) is 11.3 Å². The Bertz CT molecular complexity index is 1010. The summed E-state index contributed by atoms with van der Waals surface area (Å²) in [6.45, 7) is 9.04. The smallest absolute Gasteiger partial charge is 0.305 e. The molecule has 0 radical (unpaired) electrons. The van der Waals surface area contributed by atoms with Crippen LogP contribution in [0.4, 0.5) is 0 Å². The maximum absolute atomic E-state index is 12.2. The number of carbonyl (C=O) groups is 1.